The van der Waals surface area contributed by atoms with Crippen LogP contribution in [-0.2, 0) is 9.53 Å². The Hall–Kier alpha value is -3.46. The summed E-state index contributed by atoms with van der Waals surface area (Å²) in [7, 11) is 0. The summed E-state index contributed by atoms with van der Waals surface area (Å²) in [6.45, 7) is 8.00. The number of nitrogens with one attached hydrogen (secondary N) is 1. The van der Waals surface area contributed by atoms with Gasteiger partial charge < -0.3 is 25.6 Å². The van der Waals surface area contributed by atoms with E-state index in [1.165, 1.54) is 0 Å². The maximum Gasteiger partial charge on any atom is 0.254 e. The van der Waals surface area contributed by atoms with Crippen molar-refractivity contribution in [1.82, 2.24) is 9.88 Å². The summed E-state index contributed by atoms with van der Waals surface area (Å²) in [6, 6.07) is 10.6. The van der Waals surface area contributed by atoms with Crippen LogP contribution in [0.15, 0.2) is 36.4 Å². The predicted octanol–water partition coefficient (Wildman–Crippen LogP) is 3.62. The van der Waals surface area contributed by atoms with Crippen molar-refractivity contribution in [3.8, 4) is 0 Å². The molecule has 1 aromatic heterocycles. The molecule has 1 atom stereocenters. The highest BCUT2D eigenvalue weighted by Crippen LogP contribution is 2.28. The van der Waals surface area contributed by atoms with Crippen molar-refractivity contribution in [3.63, 3.8) is 0 Å². The van der Waals surface area contributed by atoms with Crippen LogP contribution in [0.3, 0.4) is 0 Å². The zero-order valence-corrected chi connectivity index (χ0v) is 21.7. The second-order valence-corrected chi connectivity index (χ2v) is 10.3. The van der Waals surface area contributed by atoms with E-state index >= 15 is 0 Å². The zero-order valence-electron chi connectivity index (χ0n) is 21.7. The van der Waals surface area contributed by atoms with E-state index in [0.717, 1.165) is 31.7 Å². The fourth-order valence-electron chi connectivity index (χ4n) is 5.00. The van der Waals surface area contributed by atoms with Crippen LogP contribution in [0.25, 0.3) is 0 Å². The van der Waals surface area contributed by atoms with E-state index in [-0.39, 0.29) is 11.5 Å². The van der Waals surface area contributed by atoms with Crippen molar-refractivity contribution in [2.24, 2.45) is 17.6 Å². The summed E-state index contributed by atoms with van der Waals surface area (Å²) in [5.41, 5.74) is 7.21. The lowest BCUT2D eigenvalue weighted by Crippen LogP contribution is -2.40. The SMILES string of the molecule is CC(C)CC(=O)C[C@@H]1CCCN(c2ccc(C(N)=O)c(Nc3ccc(C(=O)N4CCOCC4)cc3)n2)C1. The van der Waals surface area contributed by atoms with Crippen molar-refractivity contribution in [2.75, 3.05) is 49.6 Å². The Morgan fingerprint density at radius 3 is 2.49 bits per heavy atom. The monoisotopic (exact) mass is 507 g/mol. The number of piperidine rings is 1. The molecule has 0 spiro atoms. The third kappa shape index (κ3) is 7.07. The van der Waals surface area contributed by atoms with E-state index < -0.39 is 5.91 Å². The summed E-state index contributed by atoms with van der Waals surface area (Å²) < 4.78 is 5.32. The summed E-state index contributed by atoms with van der Waals surface area (Å²) >= 11 is 0. The van der Waals surface area contributed by atoms with Gasteiger partial charge in [0, 0.05) is 50.3 Å². The minimum absolute atomic E-state index is 0.0284. The Balaban J connectivity index is 1.47. The van der Waals surface area contributed by atoms with Crippen molar-refractivity contribution >= 4 is 34.9 Å². The molecule has 2 aliphatic heterocycles. The van der Waals surface area contributed by atoms with Gasteiger partial charge in [-0.25, -0.2) is 4.98 Å². The van der Waals surface area contributed by atoms with Gasteiger partial charge in [0.2, 0.25) is 0 Å². The van der Waals surface area contributed by atoms with Crippen molar-refractivity contribution in [1.29, 1.82) is 0 Å². The van der Waals surface area contributed by atoms with Gasteiger partial charge in [-0.05, 0) is 61.1 Å². The molecule has 2 fully saturated rings. The molecule has 0 bridgehead atoms. The Labute approximate surface area is 218 Å². The van der Waals surface area contributed by atoms with Crippen LogP contribution < -0.4 is 16.0 Å². The molecule has 0 radical (unpaired) electrons. The number of carbonyl (C=O) groups excluding carboxylic acids is 3. The van der Waals surface area contributed by atoms with Gasteiger partial charge in [0.05, 0.1) is 18.8 Å². The number of benzene rings is 1. The first-order valence-electron chi connectivity index (χ1n) is 13.1. The van der Waals surface area contributed by atoms with Crippen molar-refractivity contribution < 1.29 is 19.1 Å². The first kappa shape index (κ1) is 26.6. The van der Waals surface area contributed by atoms with Gasteiger partial charge in [-0.3, -0.25) is 14.4 Å². The van der Waals surface area contributed by atoms with E-state index in [1.54, 1.807) is 35.2 Å². The molecule has 0 unspecified atom stereocenters. The van der Waals surface area contributed by atoms with E-state index in [4.69, 9.17) is 15.5 Å². The standard InChI is InChI=1S/C28H37N5O4/c1-19(2)16-23(34)17-20-4-3-11-33(18-20)25-10-9-24(26(29)35)27(31-25)30-22-7-5-21(6-8-22)28(36)32-12-14-37-15-13-32/h5-10,19-20H,3-4,11-18H2,1-2H3,(H2,29,35)(H,30,31)/t20-/m0/s1. The van der Waals surface area contributed by atoms with Crippen LogP contribution in [0.5, 0.6) is 0 Å². The summed E-state index contributed by atoms with van der Waals surface area (Å²) in [4.78, 5) is 45.9. The summed E-state index contributed by atoms with van der Waals surface area (Å²) in [5.74, 6) is 1.50. The van der Waals surface area contributed by atoms with Crippen LogP contribution >= 0.6 is 0 Å². The quantitative estimate of drug-likeness (QED) is 0.532. The lowest BCUT2D eigenvalue weighted by Gasteiger charge is -2.33. The van der Waals surface area contributed by atoms with E-state index in [2.05, 4.69) is 24.1 Å². The van der Waals surface area contributed by atoms with Gasteiger partial charge >= 0.3 is 0 Å². The van der Waals surface area contributed by atoms with Crippen LogP contribution in [0.4, 0.5) is 17.3 Å². The second-order valence-electron chi connectivity index (χ2n) is 10.3. The second kappa shape index (κ2) is 12.2. The number of primary amides is 1. The Bertz CT molecular complexity index is 1110. The third-order valence-corrected chi connectivity index (χ3v) is 6.83. The maximum atomic E-state index is 12.7. The number of amides is 2. The number of morpholine rings is 1. The number of ketones is 1. The van der Waals surface area contributed by atoms with Crippen molar-refractivity contribution in [2.45, 2.75) is 39.5 Å². The normalized spacial score (nSPS) is 18.1. The van der Waals surface area contributed by atoms with Gasteiger partial charge in [-0.1, -0.05) is 13.8 Å². The third-order valence-electron chi connectivity index (χ3n) is 6.83. The molecule has 9 nitrogen and oxygen atoms in total. The minimum Gasteiger partial charge on any atom is -0.378 e. The van der Waals surface area contributed by atoms with Gasteiger partial charge in [-0.2, -0.15) is 0 Å². The molecule has 198 valence electrons. The van der Waals surface area contributed by atoms with Crippen LogP contribution in [0.2, 0.25) is 0 Å². The van der Waals surface area contributed by atoms with E-state index in [1.807, 2.05) is 6.07 Å². The van der Waals surface area contributed by atoms with Crippen LogP contribution in [0.1, 0.15) is 60.2 Å². The van der Waals surface area contributed by atoms with Gasteiger partial charge in [-0.15, -0.1) is 0 Å². The molecule has 2 saturated heterocycles. The molecule has 2 aliphatic rings. The molecule has 37 heavy (non-hydrogen) atoms. The largest absolute Gasteiger partial charge is 0.378 e. The van der Waals surface area contributed by atoms with E-state index in [0.29, 0.717) is 73.8 Å². The summed E-state index contributed by atoms with van der Waals surface area (Å²) in [6.07, 6.45) is 3.22. The number of nitrogens with zero attached hydrogens (tertiary/aromatic N) is 3. The first-order chi connectivity index (χ1) is 17.8. The first-order valence-corrected chi connectivity index (χ1v) is 13.1. The Kier molecular flexibility index (Phi) is 8.76. The highest BCUT2D eigenvalue weighted by atomic mass is 16.5. The molecule has 2 aromatic rings. The minimum atomic E-state index is -0.573. The van der Waals surface area contributed by atoms with Crippen LogP contribution in [0, 0.1) is 11.8 Å². The van der Waals surface area contributed by atoms with Gasteiger partial charge in [0.15, 0.2) is 0 Å². The number of hydrogen-bond acceptors (Lipinski definition) is 7. The molecular weight excluding hydrogens is 470 g/mol. The number of Topliss-reactive ketones (excluding diaryl/α,β-unsaturated/α-hetero) is 1. The molecule has 2 amide bonds. The van der Waals surface area contributed by atoms with E-state index in [9.17, 15) is 14.4 Å². The topological polar surface area (TPSA) is 118 Å². The smallest absolute Gasteiger partial charge is 0.254 e. The lowest BCUT2D eigenvalue weighted by atomic mass is 9.90. The zero-order chi connectivity index (χ0) is 26.4. The van der Waals surface area contributed by atoms with Gasteiger partial charge in [0.25, 0.3) is 11.8 Å². The average Bonchev–Trinajstić information content (AvgIpc) is 2.88. The number of aromatic nitrogens is 1. The maximum absolute atomic E-state index is 12.7. The predicted molar refractivity (Wildman–Crippen MR) is 143 cm³/mol. The number of pyridine rings is 1. The number of ether oxygens (including phenoxy) is 1. The molecule has 4 rings (SSSR count). The number of hydrogen-bond donors (Lipinski definition) is 2. The number of rotatable bonds is 9. The summed E-state index contributed by atoms with van der Waals surface area (Å²) in [5, 5.41) is 3.21. The van der Waals surface area contributed by atoms with Crippen LogP contribution in [-0.4, -0.2) is 66.9 Å². The number of anilines is 3. The molecule has 0 aliphatic carbocycles. The average molecular weight is 508 g/mol. The number of carbonyl (C=O) groups is 3. The fourth-order valence-corrected chi connectivity index (χ4v) is 5.00. The Morgan fingerprint density at radius 1 is 1.08 bits per heavy atom. The highest BCUT2D eigenvalue weighted by molar-refractivity contribution is 5.99. The molecule has 1 aromatic carbocycles. The molecule has 3 heterocycles. The van der Waals surface area contributed by atoms with Crippen molar-refractivity contribution in [3.05, 3.63) is 47.5 Å². The molecule has 3 N–H and O–H groups in total. The molecular formula is C28H37N5O4. The highest BCUT2D eigenvalue weighted by Gasteiger charge is 2.24. The fraction of sp³-hybridized carbons (Fsp3) is 0.500. The molecule has 9 heteroatoms. The Morgan fingerprint density at radius 2 is 1.81 bits per heavy atom. The molecule has 0 saturated carbocycles. The number of nitrogens with two attached hydrogens (primary N) is 1. The van der Waals surface area contributed by atoms with Gasteiger partial charge in [0.1, 0.15) is 17.4 Å². The lowest BCUT2D eigenvalue weighted by molar-refractivity contribution is -0.120.